The number of anilines is 1. The number of likely N-dealkylation sites (N-methyl/N-ethyl adjacent to an activating group) is 1. The van der Waals surface area contributed by atoms with Crippen molar-refractivity contribution in [3.8, 4) is 0 Å². The van der Waals surface area contributed by atoms with Crippen molar-refractivity contribution in [1.82, 2.24) is 15.6 Å². The molecule has 6 nitrogen and oxygen atoms in total. The summed E-state index contributed by atoms with van der Waals surface area (Å²) in [6.07, 6.45) is 1.74. The van der Waals surface area contributed by atoms with Crippen LogP contribution in [0.4, 0.5) is 5.13 Å². The highest BCUT2D eigenvalue weighted by molar-refractivity contribution is 7.14. The van der Waals surface area contributed by atoms with E-state index in [1.165, 1.54) is 11.3 Å². The maximum Gasteiger partial charge on any atom is 0.228 e. The Balaban J connectivity index is 1.82. The molecule has 2 heterocycles. The maximum absolute atomic E-state index is 11.9. The number of carbonyl (C=O) groups is 2. The molecule has 0 aromatic carbocycles. The van der Waals surface area contributed by atoms with Gasteiger partial charge < -0.3 is 10.6 Å². The van der Waals surface area contributed by atoms with Crippen LogP contribution in [-0.2, 0) is 16.0 Å². The average molecular weight is 310 g/mol. The van der Waals surface area contributed by atoms with Crippen LogP contribution in [0.5, 0.6) is 0 Å². The van der Waals surface area contributed by atoms with Gasteiger partial charge in [-0.25, -0.2) is 4.98 Å². The van der Waals surface area contributed by atoms with Gasteiger partial charge in [-0.1, -0.05) is 6.92 Å². The van der Waals surface area contributed by atoms with Gasteiger partial charge in [-0.15, -0.1) is 11.3 Å². The Hall–Kier alpha value is -1.47. The lowest BCUT2D eigenvalue weighted by atomic mass is 10.3. The molecule has 1 aromatic rings. The highest BCUT2D eigenvalue weighted by Gasteiger charge is 2.24. The first-order chi connectivity index (χ1) is 10.1. The molecule has 0 saturated carbocycles. The molecule has 0 aliphatic carbocycles. The third-order valence-corrected chi connectivity index (χ3v) is 4.26. The van der Waals surface area contributed by atoms with Crippen molar-refractivity contribution in [2.75, 3.05) is 24.5 Å². The third kappa shape index (κ3) is 4.50. The minimum absolute atomic E-state index is 0.0376. The zero-order valence-corrected chi connectivity index (χ0v) is 13.3. The van der Waals surface area contributed by atoms with E-state index in [0.717, 1.165) is 25.2 Å². The Labute approximate surface area is 128 Å². The van der Waals surface area contributed by atoms with E-state index in [4.69, 9.17) is 0 Å². The molecule has 116 valence electrons. The molecule has 7 heteroatoms. The van der Waals surface area contributed by atoms with Crippen LogP contribution in [0.3, 0.4) is 0 Å². The number of nitrogens with zero attached hydrogens (tertiary/aromatic N) is 2. The number of aromatic nitrogens is 1. The maximum atomic E-state index is 11.9. The van der Waals surface area contributed by atoms with E-state index in [1.807, 2.05) is 19.2 Å². The van der Waals surface area contributed by atoms with Gasteiger partial charge in [0.25, 0.3) is 0 Å². The summed E-state index contributed by atoms with van der Waals surface area (Å²) in [6.45, 7) is 6.29. The first kappa shape index (κ1) is 15.9. The molecule has 2 amide bonds. The lowest BCUT2D eigenvalue weighted by Gasteiger charge is -2.12. The smallest absolute Gasteiger partial charge is 0.228 e. The summed E-state index contributed by atoms with van der Waals surface area (Å²) in [6, 6.07) is 0.257. The molecule has 2 rings (SSSR count). The molecule has 1 aromatic heterocycles. The molecular weight excluding hydrogens is 288 g/mol. The number of rotatable bonds is 7. The van der Waals surface area contributed by atoms with Crippen molar-refractivity contribution in [3.05, 3.63) is 11.1 Å². The van der Waals surface area contributed by atoms with Crippen molar-refractivity contribution in [2.24, 2.45) is 0 Å². The van der Waals surface area contributed by atoms with Crippen LogP contribution in [0.15, 0.2) is 5.38 Å². The summed E-state index contributed by atoms with van der Waals surface area (Å²) in [5.74, 6) is 0.0872. The fraction of sp³-hybridized carbons (Fsp3) is 0.643. The SMILES string of the molecule is CCN[C@H](C)CNC(=O)Cc1csc(N2CCCC2=O)n1. The second-order valence-electron chi connectivity index (χ2n) is 5.21. The van der Waals surface area contributed by atoms with Crippen molar-refractivity contribution in [1.29, 1.82) is 0 Å². The van der Waals surface area contributed by atoms with Crippen molar-refractivity contribution in [2.45, 2.75) is 39.2 Å². The number of amides is 2. The van der Waals surface area contributed by atoms with Gasteiger partial charge in [0.2, 0.25) is 11.8 Å². The van der Waals surface area contributed by atoms with Gasteiger partial charge in [0.15, 0.2) is 5.13 Å². The van der Waals surface area contributed by atoms with Crippen molar-refractivity contribution in [3.63, 3.8) is 0 Å². The van der Waals surface area contributed by atoms with Crippen LogP contribution in [0.2, 0.25) is 0 Å². The van der Waals surface area contributed by atoms with Gasteiger partial charge in [-0.3, -0.25) is 14.5 Å². The number of nitrogens with one attached hydrogen (secondary N) is 2. The third-order valence-electron chi connectivity index (χ3n) is 3.34. The summed E-state index contributed by atoms with van der Waals surface area (Å²) < 4.78 is 0. The van der Waals surface area contributed by atoms with E-state index in [9.17, 15) is 9.59 Å². The quantitative estimate of drug-likeness (QED) is 0.785. The lowest BCUT2D eigenvalue weighted by molar-refractivity contribution is -0.120. The molecular formula is C14H22N4O2S. The van der Waals surface area contributed by atoms with E-state index in [1.54, 1.807) is 4.90 Å². The van der Waals surface area contributed by atoms with Gasteiger partial charge in [0, 0.05) is 30.9 Å². The lowest BCUT2D eigenvalue weighted by Crippen LogP contribution is -2.39. The van der Waals surface area contributed by atoms with Gasteiger partial charge in [0.1, 0.15) is 0 Å². The Bertz CT molecular complexity index is 503. The topological polar surface area (TPSA) is 74.3 Å². The average Bonchev–Trinajstić information content (AvgIpc) is 3.05. The number of hydrogen-bond acceptors (Lipinski definition) is 5. The first-order valence-electron chi connectivity index (χ1n) is 7.35. The van der Waals surface area contributed by atoms with E-state index in [-0.39, 0.29) is 24.3 Å². The molecule has 2 N–H and O–H groups in total. The summed E-state index contributed by atoms with van der Waals surface area (Å²) in [5, 5.41) is 8.69. The van der Waals surface area contributed by atoms with Crippen LogP contribution in [0, 0.1) is 0 Å². The summed E-state index contributed by atoms with van der Waals surface area (Å²) in [5.41, 5.74) is 0.725. The van der Waals surface area contributed by atoms with E-state index < -0.39 is 0 Å². The van der Waals surface area contributed by atoms with Crippen molar-refractivity contribution < 1.29 is 9.59 Å². The Morgan fingerprint density at radius 1 is 1.57 bits per heavy atom. The highest BCUT2D eigenvalue weighted by atomic mass is 32.1. The fourth-order valence-corrected chi connectivity index (χ4v) is 3.13. The second kappa shape index (κ2) is 7.51. The largest absolute Gasteiger partial charge is 0.354 e. The molecule has 0 unspecified atom stereocenters. The minimum atomic E-state index is -0.0376. The molecule has 1 atom stereocenters. The predicted molar refractivity (Wildman–Crippen MR) is 83.6 cm³/mol. The fourth-order valence-electron chi connectivity index (χ4n) is 2.27. The molecule has 1 fully saturated rings. The molecule has 1 aliphatic rings. The minimum Gasteiger partial charge on any atom is -0.354 e. The molecule has 0 spiro atoms. The summed E-state index contributed by atoms with van der Waals surface area (Å²) in [7, 11) is 0. The first-order valence-corrected chi connectivity index (χ1v) is 8.23. The van der Waals surface area contributed by atoms with Crippen LogP contribution in [0.1, 0.15) is 32.4 Å². The van der Waals surface area contributed by atoms with Gasteiger partial charge in [0.05, 0.1) is 12.1 Å². The Morgan fingerprint density at radius 3 is 3.05 bits per heavy atom. The summed E-state index contributed by atoms with van der Waals surface area (Å²) >= 11 is 1.43. The summed E-state index contributed by atoms with van der Waals surface area (Å²) in [4.78, 5) is 29.6. The monoisotopic (exact) mass is 310 g/mol. The van der Waals surface area contributed by atoms with Gasteiger partial charge in [-0.2, -0.15) is 0 Å². The Morgan fingerprint density at radius 2 is 2.38 bits per heavy atom. The zero-order chi connectivity index (χ0) is 15.2. The van der Waals surface area contributed by atoms with Crippen LogP contribution in [0.25, 0.3) is 0 Å². The molecule has 1 aliphatic heterocycles. The van der Waals surface area contributed by atoms with E-state index in [0.29, 0.717) is 18.1 Å². The Kier molecular flexibility index (Phi) is 5.69. The van der Waals surface area contributed by atoms with Crippen LogP contribution >= 0.6 is 11.3 Å². The van der Waals surface area contributed by atoms with E-state index >= 15 is 0 Å². The van der Waals surface area contributed by atoms with Crippen LogP contribution in [-0.4, -0.2) is 42.5 Å². The van der Waals surface area contributed by atoms with Crippen LogP contribution < -0.4 is 15.5 Å². The van der Waals surface area contributed by atoms with Gasteiger partial charge in [-0.05, 0) is 19.9 Å². The molecule has 0 bridgehead atoms. The molecule has 21 heavy (non-hydrogen) atoms. The number of thiazole rings is 1. The van der Waals surface area contributed by atoms with Gasteiger partial charge >= 0.3 is 0 Å². The second-order valence-corrected chi connectivity index (χ2v) is 6.05. The number of carbonyl (C=O) groups excluding carboxylic acids is 2. The normalized spacial score (nSPS) is 16.3. The van der Waals surface area contributed by atoms with Crippen molar-refractivity contribution >= 4 is 28.3 Å². The predicted octanol–water partition coefficient (Wildman–Crippen LogP) is 0.927. The number of hydrogen-bond donors (Lipinski definition) is 2. The molecule has 0 radical (unpaired) electrons. The van der Waals surface area contributed by atoms with E-state index in [2.05, 4.69) is 15.6 Å². The zero-order valence-electron chi connectivity index (χ0n) is 12.5. The molecule has 1 saturated heterocycles. The standard InChI is InChI=1S/C14H22N4O2S/c1-3-15-10(2)8-16-12(19)7-11-9-21-14(17-11)18-6-4-5-13(18)20/h9-10,15H,3-8H2,1-2H3,(H,16,19)/t10-/m1/s1. The highest BCUT2D eigenvalue weighted by Crippen LogP contribution is 2.25.